The molecule has 0 amide bonds. The number of carbonyl (C=O) groups excluding carboxylic acids is 2. The van der Waals surface area contributed by atoms with Crippen LogP contribution < -0.4 is 0 Å². The molecule has 0 aromatic carbocycles. The molecule has 5 rings (SSSR count). The third-order valence-corrected chi connectivity index (χ3v) is 7.57. The van der Waals surface area contributed by atoms with Crippen molar-refractivity contribution in [2.75, 3.05) is 0 Å². The fourth-order valence-corrected chi connectivity index (χ4v) is 6.26. The number of esters is 1. The Kier molecular flexibility index (Phi) is 4.73. The average molecular weight is 417 g/mol. The highest BCUT2D eigenvalue weighted by Crippen LogP contribution is 2.60. The minimum Gasteiger partial charge on any atom is -0.450 e. The van der Waals surface area contributed by atoms with Gasteiger partial charge >= 0.3 is 5.97 Å². The van der Waals surface area contributed by atoms with Gasteiger partial charge in [-0.15, -0.1) is 0 Å². The van der Waals surface area contributed by atoms with Crippen molar-refractivity contribution in [2.45, 2.75) is 51.6 Å². The fourth-order valence-electron chi connectivity index (χ4n) is 5.70. The molecule has 4 aliphatic rings. The number of rotatable bonds is 4. The number of nitrogens with zero attached hydrogens (tertiary/aromatic N) is 1. The van der Waals surface area contributed by atoms with Crippen LogP contribution in [-0.2, 0) is 9.53 Å². The van der Waals surface area contributed by atoms with Crippen molar-refractivity contribution < 1.29 is 14.3 Å². The molecule has 1 atom stereocenters. The van der Waals surface area contributed by atoms with E-state index in [1.807, 2.05) is 0 Å². The number of hydrogen-bond donors (Lipinski definition) is 0. The molecule has 1 unspecified atom stereocenters. The van der Waals surface area contributed by atoms with Crippen molar-refractivity contribution in [1.82, 2.24) is 4.98 Å². The fraction of sp³-hybridized carbons (Fsp3) is 0.632. The van der Waals surface area contributed by atoms with Crippen molar-refractivity contribution in [3.8, 4) is 0 Å². The van der Waals surface area contributed by atoms with Crippen LogP contribution in [0.1, 0.15) is 55.9 Å². The van der Waals surface area contributed by atoms with Crippen molar-refractivity contribution in [1.29, 1.82) is 0 Å². The number of Topliss-reactive ketones (excluding diaryl/α,β-unsaturated/α-hetero) is 1. The van der Waals surface area contributed by atoms with E-state index >= 15 is 0 Å². The summed E-state index contributed by atoms with van der Waals surface area (Å²) >= 11 is 17.8. The van der Waals surface area contributed by atoms with E-state index in [1.54, 1.807) is 6.92 Å². The van der Waals surface area contributed by atoms with Crippen LogP contribution in [0.4, 0.5) is 0 Å². The minimum atomic E-state index is -0.828. The van der Waals surface area contributed by atoms with E-state index in [2.05, 4.69) is 4.98 Å². The zero-order valence-electron chi connectivity index (χ0n) is 14.4. The van der Waals surface area contributed by atoms with Crippen LogP contribution in [-0.4, -0.2) is 22.8 Å². The molecule has 1 heterocycles. The highest BCUT2D eigenvalue weighted by atomic mass is 35.5. The highest BCUT2D eigenvalue weighted by molar-refractivity contribution is 6.48. The van der Waals surface area contributed by atoms with Crippen LogP contribution in [0.2, 0.25) is 15.1 Å². The molecule has 7 heteroatoms. The number of pyridine rings is 1. The predicted octanol–water partition coefficient (Wildman–Crippen LogP) is 5.37. The number of carbonyl (C=O) groups is 2. The standard InChI is InChI=1S/C19H20Cl3NO3/c1-9(26-18(25)16-15(22)14(21)13(20)8-23-16)17(24)19-5-10-2-11(6-19)4-12(3-10)7-19/h8-12H,2-7H2,1H3. The van der Waals surface area contributed by atoms with Crippen LogP contribution in [0.3, 0.4) is 0 Å². The van der Waals surface area contributed by atoms with Crippen LogP contribution in [0, 0.1) is 23.2 Å². The Labute approximate surface area is 167 Å². The van der Waals surface area contributed by atoms with Crippen molar-refractivity contribution >= 4 is 46.6 Å². The first-order valence-electron chi connectivity index (χ1n) is 9.04. The summed E-state index contributed by atoms with van der Waals surface area (Å²) < 4.78 is 5.43. The van der Waals surface area contributed by atoms with E-state index in [1.165, 1.54) is 25.5 Å². The first-order valence-corrected chi connectivity index (χ1v) is 10.2. The van der Waals surface area contributed by atoms with E-state index in [-0.39, 0.29) is 32.0 Å². The van der Waals surface area contributed by atoms with Gasteiger partial charge in [0, 0.05) is 11.6 Å². The van der Waals surface area contributed by atoms with Gasteiger partial charge in [-0.05, 0) is 63.2 Å². The average Bonchev–Trinajstić information content (AvgIpc) is 2.57. The molecule has 0 aliphatic heterocycles. The maximum Gasteiger partial charge on any atom is 0.359 e. The first-order chi connectivity index (χ1) is 12.3. The largest absolute Gasteiger partial charge is 0.450 e. The summed E-state index contributed by atoms with van der Waals surface area (Å²) in [7, 11) is 0. The van der Waals surface area contributed by atoms with Crippen LogP contribution in [0.25, 0.3) is 0 Å². The van der Waals surface area contributed by atoms with Crippen LogP contribution in [0.5, 0.6) is 0 Å². The number of aromatic nitrogens is 1. The van der Waals surface area contributed by atoms with Crippen molar-refractivity contribution in [2.24, 2.45) is 23.2 Å². The van der Waals surface area contributed by atoms with Gasteiger partial charge in [-0.1, -0.05) is 34.8 Å². The molecule has 140 valence electrons. The molecule has 4 fully saturated rings. The molecule has 0 N–H and O–H groups in total. The van der Waals surface area contributed by atoms with Gasteiger partial charge in [-0.3, -0.25) is 4.79 Å². The Morgan fingerprint density at radius 3 is 2.15 bits per heavy atom. The Bertz CT molecular complexity index is 744. The van der Waals surface area contributed by atoms with Crippen molar-refractivity contribution in [3.63, 3.8) is 0 Å². The lowest BCUT2D eigenvalue weighted by Crippen LogP contribution is -2.52. The molecule has 0 saturated heterocycles. The molecule has 26 heavy (non-hydrogen) atoms. The summed E-state index contributed by atoms with van der Waals surface area (Å²) in [6.45, 7) is 1.64. The predicted molar refractivity (Wildman–Crippen MR) is 99.8 cm³/mol. The second-order valence-corrected chi connectivity index (χ2v) is 9.36. The summed E-state index contributed by atoms with van der Waals surface area (Å²) in [6.07, 6.45) is 6.99. The smallest absolute Gasteiger partial charge is 0.359 e. The molecule has 4 nitrogen and oxygen atoms in total. The van der Waals surface area contributed by atoms with Crippen LogP contribution >= 0.6 is 34.8 Å². The lowest BCUT2D eigenvalue weighted by Gasteiger charge is -2.56. The van der Waals surface area contributed by atoms with E-state index < -0.39 is 12.1 Å². The summed E-state index contributed by atoms with van der Waals surface area (Å²) in [6, 6.07) is 0. The van der Waals surface area contributed by atoms with E-state index in [0.717, 1.165) is 19.3 Å². The number of ether oxygens (including phenoxy) is 1. The third-order valence-electron chi connectivity index (χ3n) is 6.32. The van der Waals surface area contributed by atoms with Crippen LogP contribution in [0.15, 0.2) is 6.20 Å². The van der Waals surface area contributed by atoms with E-state index in [4.69, 9.17) is 39.5 Å². The Morgan fingerprint density at radius 2 is 1.62 bits per heavy atom. The number of ketones is 1. The van der Waals surface area contributed by atoms with Gasteiger partial charge in [-0.2, -0.15) is 0 Å². The molecule has 0 spiro atoms. The second kappa shape index (κ2) is 6.65. The molecular weight excluding hydrogens is 397 g/mol. The zero-order chi connectivity index (χ0) is 18.6. The lowest BCUT2D eigenvalue weighted by molar-refractivity contribution is -0.152. The van der Waals surface area contributed by atoms with E-state index in [9.17, 15) is 9.59 Å². The van der Waals surface area contributed by atoms with E-state index in [0.29, 0.717) is 17.8 Å². The van der Waals surface area contributed by atoms with Gasteiger partial charge < -0.3 is 4.74 Å². The summed E-state index contributed by atoms with van der Waals surface area (Å²) in [5.41, 5.74) is -0.435. The SMILES string of the molecule is CC(OC(=O)c1ncc(Cl)c(Cl)c1Cl)C(=O)C12CC3CC(CC(C3)C1)C2. The molecule has 4 aliphatic carbocycles. The normalized spacial score (nSPS) is 33.2. The molecular formula is C19H20Cl3NO3. The second-order valence-electron chi connectivity index (χ2n) is 8.19. The Hall–Kier alpha value is -0.840. The maximum absolute atomic E-state index is 13.2. The summed E-state index contributed by atoms with van der Waals surface area (Å²) in [5.74, 6) is 1.25. The molecule has 0 radical (unpaired) electrons. The number of halogens is 3. The molecule has 4 bridgehead atoms. The quantitative estimate of drug-likeness (QED) is 0.619. The monoisotopic (exact) mass is 415 g/mol. The number of hydrogen-bond acceptors (Lipinski definition) is 4. The van der Waals surface area contributed by atoms with Gasteiger partial charge in [0.25, 0.3) is 0 Å². The minimum absolute atomic E-state index is 0.0427. The van der Waals surface area contributed by atoms with Gasteiger partial charge in [0.2, 0.25) is 0 Å². The lowest BCUT2D eigenvalue weighted by atomic mass is 9.48. The Morgan fingerprint density at radius 1 is 1.08 bits per heavy atom. The van der Waals surface area contributed by atoms with Gasteiger partial charge in [0.1, 0.15) is 0 Å². The molecule has 1 aromatic rings. The van der Waals surface area contributed by atoms with Gasteiger partial charge in [-0.25, -0.2) is 9.78 Å². The highest BCUT2D eigenvalue weighted by Gasteiger charge is 2.55. The van der Waals surface area contributed by atoms with Gasteiger partial charge in [0.05, 0.1) is 15.1 Å². The zero-order valence-corrected chi connectivity index (χ0v) is 16.7. The maximum atomic E-state index is 13.2. The third kappa shape index (κ3) is 3.04. The summed E-state index contributed by atoms with van der Waals surface area (Å²) in [4.78, 5) is 29.5. The summed E-state index contributed by atoms with van der Waals surface area (Å²) in [5, 5.41) is 0.153. The van der Waals surface area contributed by atoms with Crippen molar-refractivity contribution in [3.05, 3.63) is 27.0 Å². The molecule has 1 aromatic heterocycles. The topological polar surface area (TPSA) is 56.3 Å². The Balaban J connectivity index is 1.50. The molecule has 4 saturated carbocycles. The van der Waals surface area contributed by atoms with Gasteiger partial charge in [0.15, 0.2) is 17.6 Å². The first kappa shape index (κ1) is 18.5.